The van der Waals surface area contributed by atoms with Gasteiger partial charge in [0.1, 0.15) is 0 Å². The summed E-state index contributed by atoms with van der Waals surface area (Å²) in [7, 11) is -3.73. The van der Waals surface area contributed by atoms with Gasteiger partial charge in [-0.2, -0.15) is 4.31 Å². The molecule has 0 aliphatic carbocycles. The molecular weight excluding hydrogens is 468 g/mol. The number of carbonyl (C=O) groups excluding carboxylic acids is 2. The standard InChI is InChI=1S/C23H21ClN2O4S2/c1-16(27)18-3-2-4-20(15-18)32(29,30)26-13-11-25(12-14-26)23(28)22-10-9-21(31-22)17-5-7-19(24)8-6-17/h2-10,15H,11-14H2,1H3. The third-order valence-corrected chi connectivity index (χ3v) is 8.62. The first-order valence-electron chi connectivity index (χ1n) is 10.0. The fourth-order valence-corrected chi connectivity index (χ4v) is 6.11. The van der Waals surface area contributed by atoms with Crippen molar-refractivity contribution in [2.24, 2.45) is 0 Å². The van der Waals surface area contributed by atoms with Gasteiger partial charge in [-0.15, -0.1) is 11.3 Å². The van der Waals surface area contributed by atoms with Crippen LogP contribution >= 0.6 is 22.9 Å². The lowest BCUT2D eigenvalue weighted by atomic mass is 10.2. The number of thiophene rings is 1. The highest BCUT2D eigenvalue weighted by atomic mass is 35.5. The van der Waals surface area contributed by atoms with Gasteiger partial charge in [-0.25, -0.2) is 8.42 Å². The van der Waals surface area contributed by atoms with Gasteiger partial charge in [-0.05, 0) is 48.9 Å². The van der Waals surface area contributed by atoms with Crippen molar-refractivity contribution >= 4 is 44.7 Å². The molecule has 1 aliphatic rings. The van der Waals surface area contributed by atoms with E-state index in [0.29, 0.717) is 28.6 Å². The molecule has 3 aromatic rings. The summed E-state index contributed by atoms with van der Waals surface area (Å²) in [6, 6.07) is 17.2. The minimum absolute atomic E-state index is 0.0934. The van der Waals surface area contributed by atoms with Crippen LogP contribution < -0.4 is 0 Å². The van der Waals surface area contributed by atoms with E-state index in [-0.39, 0.29) is 29.7 Å². The summed E-state index contributed by atoms with van der Waals surface area (Å²) in [6.45, 7) is 2.41. The summed E-state index contributed by atoms with van der Waals surface area (Å²) in [4.78, 5) is 27.9. The average molecular weight is 489 g/mol. The van der Waals surface area contributed by atoms with E-state index >= 15 is 0 Å². The number of piperazine rings is 1. The zero-order valence-electron chi connectivity index (χ0n) is 17.3. The van der Waals surface area contributed by atoms with Gasteiger partial charge in [0.15, 0.2) is 5.78 Å². The van der Waals surface area contributed by atoms with Crippen LogP contribution in [0.25, 0.3) is 10.4 Å². The molecule has 0 radical (unpaired) electrons. The van der Waals surface area contributed by atoms with Gasteiger partial charge in [0, 0.05) is 41.6 Å². The van der Waals surface area contributed by atoms with Crippen molar-refractivity contribution in [2.45, 2.75) is 11.8 Å². The Kier molecular flexibility index (Phi) is 6.48. The van der Waals surface area contributed by atoms with Crippen LogP contribution in [0.2, 0.25) is 5.02 Å². The zero-order valence-corrected chi connectivity index (χ0v) is 19.7. The van der Waals surface area contributed by atoms with E-state index in [1.807, 2.05) is 30.3 Å². The van der Waals surface area contributed by atoms with Crippen LogP contribution in [-0.2, 0) is 10.0 Å². The Morgan fingerprint density at radius 1 is 0.938 bits per heavy atom. The van der Waals surface area contributed by atoms with Crippen molar-refractivity contribution in [1.82, 2.24) is 9.21 Å². The fraction of sp³-hybridized carbons (Fsp3) is 0.217. The van der Waals surface area contributed by atoms with Gasteiger partial charge in [0.2, 0.25) is 10.0 Å². The number of hydrogen-bond donors (Lipinski definition) is 0. The number of carbonyl (C=O) groups is 2. The van der Waals surface area contributed by atoms with Crippen LogP contribution in [0.3, 0.4) is 0 Å². The van der Waals surface area contributed by atoms with E-state index in [9.17, 15) is 18.0 Å². The number of amides is 1. The largest absolute Gasteiger partial charge is 0.335 e. The second kappa shape index (κ2) is 9.15. The highest BCUT2D eigenvalue weighted by molar-refractivity contribution is 7.89. The summed E-state index contributed by atoms with van der Waals surface area (Å²) in [6.07, 6.45) is 0. The normalized spacial score (nSPS) is 15.0. The number of Topliss-reactive ketones (excluding diaryl/α,β-unsaturated/α-hetero) is 1. The second-order valence-corrected chi connectivity index (χ2v) is 10.9. The predicted molar refractivity (Wildman–Crippen MR) is 126 cm³/mol. The Morgan fingerprint density at radius 3 is 2.28 bits per heavy atom. The molecule has 2 aromatic carbocycles. The highest BCUT2D eigenvalue weighted by Crippen LogP contribution is 2.30. The predicted octanol–water partition coefficient (Wildman–Crippen LogP) is 4.42. The molecule has 1 aromatic heterocycles. The van der Waals surface area contributed by atoms with Gasteiger partial charge in [-0.1, -0.05) is 35.9 Å². The molecule has 4 rings (SSSR count). The Bertz CT molecular complexity index is 1260. The molecule has 0 spiro atoms. The lowest BCUT2D eigenvalue weighted by Gasteiger charge is -2.33. The van der Waals surface area contributed by atoms with Gasteiger partial charge in [0.05, 0.1) is 9.77 Å². The Hall–Kier alpha value is -2.52. The molecule has 1 amide bonds. The van der Waals surface area contributed by atoms with E-state index in [0.717, 1.165) is 10.4 Å². The molecule has 6 nitrogen and oxygen atoms in total. The van der Waals surface area contributed by atoms with Crippen LogP contribution in [0.5, 0.6) is 0 Å². The van der Waals surface area contributed by atoms with Gasteiger partial charge < -0.3 is 4.90 Å². The fourth-order valence-electron chi connectivity index (χ4n) is 3.53. The van der Waals surface area contributed by atoms with Crippen molar-refractivity contribution in [1.29, 1.82) is 0 Å². The van der Waals surface area contributed by atoms with E-state index < -0.39 is 10.0 Å². The number of ketones is 1. The smallest absolute Gasteiger partial charge is 0.264 e. The molecule has 0 N–H and O–H groups in total. The summed E-state index contributed by atoms with van der Waals surface area (Å²) in [5.74, 6) is -0.294. The van der Waals surface area contributed by atoms with E-state index in [1.165, 1.54) is 34.7 Å². The Morgan fingerprint density at radius 2 is 1.62 bits per heavy atom. The van der Waals surface area contributed by atoms with Crippen molar-refractivity contribution in [2.75, 3.05) is 26.2 Å². The van der Waals surface area contributed by atoms with Crippen molar-refractivity contribution in [3.8, 4) is 10.4 Å². The van der Waals surface area contributed by atoms with Crippen LogP contribution in [-0.4, -0.2) is 55.5 Å². The number of rotatable bonds is 5. The topological polar surface area (TPSA) is 74.8 Å². The summed E-state index contributed by atoms with van der Waals surface area (Å²) in [5, 5.41) is 0.655. The molecular formula is C23H21ClN2O4S2. The Labute approximate surface area is 196 Å². The third kappa shape index (κ3) is 4.63. The van der Waals surface area contributed by atoms with Crippen LogP contribution in [0.1, 0.15) is 27.0 Å². The summed E-state index contributed by atoms with van der Waals surface area (Å²) in [5.41, 5.74) is 1.34. The SMILES string of the molecule is CC(=O)c1cccc(S(=O)(=O)N2CCN(C(=O)c3ccc(-c4ccc(Cl)cc4)s3)CC2)c1. The molecule has 0 saturated carbocycles. The zero-order chi connectivity index (χ0) is 22.9. The second-order valence-electron chi connectivity index (χ2n) is 7.45. The first kappa shape index (κ1) is 22.7. The van der Waals surface area contributed by atoms with Crippen LogP contribution in [0.4, 0.5) is 0 Å². The highest BCUT2D eigenvalue weighted by Gasteiger charge is 2.31. The molecule has 0 atom stereocenters. The average Bonchev–Trinajstić information content (AvgIpc) is 3.29. The summed E-state index contributed by atoms with van der Waals surface area (Å²) < 4.78 is 27.4. The molecule has 1 fully saturated rings. The van der Waals surface area contributed by atoms with Gasteiger partial charge in [-0.3, -0.25) is 9.59 Å². The monoisotopic (exact) mass is 488 g/mol. The molecule has 166 valence electrons. The molecule has 0 bridgehead atoms. The molecule has 1 saturated heterocycles. The number of sulfonamides is 1. The third-order valence-electron chi connectivity index (χ3n) is 5.35. The maximum Gasteiger partial charge on any atom is 0.264 e. The first-order valence-corrected chi connectivity index (χ1v) is 12.7. The summed E-state index contributed by atoms with van der Waals surface area (Å²) >= 11 is 7.34. The van der Waals surface area contributed by atoms with Gasteiger partial charge in [0.25, 0.3) is 5.91 Å². The number of hydrogen-bond acceptors (Lipinski definition) is 5. The quantitative estimate of drug-likeness (QED) is 0.498. The minimum atomic E-state index is -3.73. The molecule has 0 unspecified atom stereocenters. The molecule has 2 heterocycles. The lowest BCUT2D eigenvalue weighted by Crippen LogP contribution is -2.50. The van der Waals surface area contributed by atoms with Crippen LogP contribution in [0, 0.1) is 0 Å². The van der Waals surface area contributed by atoms with E-state index in [2.05, 4.69) is 0 Å². The number of halogens is 1. The van der Waals surface area contributed by atoms with E-state index in [4.69, 9.17) is 11.6 Å². The number of nitrogens with zero attached hydrogens (tertiary/aromatic N) is 2. The minimum Gasteiger partial charge on any atom is -0.335 e. The molecule has 32 heavy (non-hydrogen) atoms. The maximum atomic E-state index is 13.0. The van der Waals surface area contributed by atoms with Crippen LogP contribution in [0.15, 0.2) is 65.6 Å². The van der Waals surface area contributed by atoms with Gasteiger partial charge >= 0.3 is 0 Å². The maximum absolute atomic E-state index is 13.0. The van der Waals surface area contributed by atoms with Crippen molar-refractivity contribution in [3.63, 3.8) is 0 Å². The lowest BCUT2D eigenvalue weighted by molar-refractivity contribution is 0.0702. The Balaban J connectivity index is 1.43. The number of benzene rings is 2. The molecule has 1 aliphatic heterocycles. The van der Waals surface area contributed by atoms with E-state index in [1.54, 1.807) is 23.1 Å². The molecule has 9 heteroatoms. The first-order chi connectivity index (χ1) is 15.3. The van der Waals surface area contributed by atoms with Crippen molar-refractivity contribution < 1.29 is 18.0 Å². The van der Waals surface area contributed by atoms with Crippen molar-refractivity contribution in [3.05, 3.63) is 76.1 Å².